The standard InChI is InChI=1S/C18H34O2.Tl/c1-2-3-4-5-6-7-8-9-10-11-12-13-14-15-16-17-18(19)20;/h9-10H,2-8,11-17H2,1H3,(H,19,20);/q;+1/p-1. The van der Waals surface area contributed by atoms with Gasteiger partial charge >= 0.3 is 27.3 Å². The van der Waals surface area contributed by atoms with E-state index in [2.05, 4.69) is 19.1 Å². The van der Waals surface area contributed by atoms with Gasteiger partial charge in [-0.05, 0) is 38.5 Å². The van der Waals surface area contributed by atoms with Crippen molar-refractivity contribution in [2.24, 2.45) is 0 Å². The summed E-state index contributed by atoms with van der Waals surface area (Å²) in [6, 6.07) is 0. The van der Waals surface area contributed by atoms with E-state index in [0.717, 1.165) is 19.3 Å². The second kappa shape index (κ2) is 20.1. The molecular formula is C18H33O2Tl. The van der Waals surface area contributed by atoms with Crippen molar-refractivity contribution in [3.63, 3.8) is 0 Å². The number of carbonyl (C=O) groups is 1. The summed E-state index contributed by atoms with van der Waals surface area (Å²) in [7, 11) is 0. The molecule has 0 aromatic rings. The van der Waals surface area contributed by atoms with Crippen LogP contribution in [-0.4, -0.2) is 33.3 Å². The van der Waals surface area contributed by atoms with Crippen LogP contribution >= 0.6 is 0 Å². The summed E-state index contributed by atoms with van der Waals surface area (Å²) in [6.07, 6.45) is 20.9. The Bertz CT molecular complexity index is 239. The van der Waals surface area contributed by atoms with E-state index in [-0.39, 0.29) is 33.7 Å². The SMILES string of the molecule is CCCCCCCCC=CCCCCCCCC(=O)[O-].[Tl+]. The number of rotatable bonds is 15. The van der Waals surface area contributed by atoms with Gasteiger partial charge in [0.15, 0.2) is 0 Å². The maximum atomic E-state index is 10.2. The predicted octanol–water partition coefficient (Wildman–Crippen LogP) is 4.39. The van der Waals surface area contributed by atoms with Gasteiger partial charge in [-0.2, -0.15) is 0 Å². The molecule has 0 rings (SSSR count). The molecule has 21 heavy (non-hydrogen) atoms. The number of hydrogen-bond acceptors (Lipinski definition) is 2. The molecule has 0 N–H and O–H groups in total. The minimum Gasteiger partial charge on any atom is -0.550 e. The van der Waals surface area contributed by atoms with Crippen LogP contribution in [0.15, 0.2) is 12.2 Å². The van der Waals surface area contributed by atoms with Crippen molar-refractivity contribution in [3.05, 3.63) is 12.2 Å². The average Bonchev–Trinajstić information content (AvgIpc) is 2.43. The number of carbonyl (C=O) groups excluding carboxylic acids is 1. The Morgan fingerprint density at radius 3 is 1.67 bits per heavy atom. The number of aliphatic carboxylic acids is 1. The molecule has 0 saturated heterocycles. The molecule has 0 fully saturated rings. The maximum Gasteiger partial charge on any atom is 1.00 e. The van der Waals surface area contributed by atoms with Crippen molar-refractivity contribution in [1.29, 1.82) is 0 Å². The van der Waals surface area contributed by atoms with Crippen LogP contribution in [0.5, 0.6) is 0 Å². The van der Waals surface area contributed by atoms with Gasteiger partial charge in [0.2, 0.25) is 0 Å². The summed E-state index contributed by atoms with van der Waals surface area (Å²) in [4.78, 5) is 10.2. The first-order chi connectivity index (χ1) is 9.77. The van der Waals surface area contributed by atoms with Crippen molar-refractivity contribution >= 4 is 33.3 Å². The minimum absolute atomic E-state index is 0. The second-order valence-corrected chi connectivity index (χ2v) is 5.71. The third-order valence-corrected chi connectivity index (χ3v) is 3.64. The smallest absolute Gasteiger partial charge is 0.550 e. The first-order valence-electron chi connectivity index (χ1n) is 8.62. The fraction of sp³-hybridized carbons (Fsp3) is 0.833. The van der Waals surface area contributed by atoms with Gasteiger partial charge in [-0.3, -0.25) is 0 Å². The van der Waals surface area contributed by atoms with Crippen LogP contribution in [0.3, 0.4) is 0 Å². The third-order valence-electron chi connectivity index (χ3n) is 3.64. The maximum absolute atomic E-state index is 10.2. The van der Waals surface area contributed by atoms with Gasteiger partial charge in [0.05, 0.1) is 0 Å². The zero-order valence-electron chi connectivity index (χ0n) is 13.9. The van der Waals surface area contributed by atoms with E-state index < -0.39 is 5.97 Å². The van der Waals surface area contributed by atoms with Crippen molar-refractivity contribution in [3.8, 4) is 0 Å². The largest absolute Gasteiger partial charge is 1.00 e. The van der Waals surface area contributed by atoms with Crippen LogP contribution in [-0.2, 0) is 4.79 Å². The van der Waals surface area contributed by atoms with E-state index >= 15 is 0 Å². The third kappa shape index (κ3) is 22.6. The van der Waals surface area contributed by atoms with Crippen molar-refractivity contribution < 1.29 is 9.90 Å². The van der Waals surface area contributed by atoms with Gasteiger partial charge < -0.3 is 9.90 Å². The Kier molecular flexibility index (Phi) is 22.4. The van der Waals surface area contributed by atoms with Gasteiger partial charge in [-0.25, -0.2) is 0 Å². The van der Waals surface area contributed by atoms with Gasteiger partial charge in [-0.1, -0.05) is 70.4 Å². The van der Waals surface area contributed by atoms with Crippen molar-refractivity contribution in [2.75, 3.05) is 0 Å². The number of unbranched alkanes of at least 4 members (excludes halogenated alkanes) is 11. The van der Waals surface area contributed by atoms with Crippen LogP contribution in [0.2, 0.25) is 0 Å². The van der Waals surface area contributed by atoms with E-state index in [0.29, 0.717) is 0 Å². The quantitative estimate of drug-likeness (QED) is 0.196. The zero-order valence-corrected chi connectivity index (χ0v) is 18.4. The monoisotopic (exact) mass is 486 g/mol. The molecule has 0 spiro atoms. The summed E-state index contributed by atoms with van der Waals surface area (Å²) < 4.78 is 0. The molecule has 2 nitrogen and oxygen atoms in total. The average molecular weight is 486 g/mol. The number of carboxylic acid groups (broad SMARTS) is 1. The van der Waals surface area contributed by atoms with Crippen molar-refractivity contribution in [1.82, 2.24) is 0 Å². The van der Waals surface area contributed by atoms with E-state index in [4.69, 9.17) is 0 Å². The second-order valence-electron chi connectivity index (χ2n) is 5.71. The normalized spacial score (nSPS) is 10.7. The number of hydrogen-bond donors (Lipinski definition) is 0. The van der Waals surface area contributed by atoms with Gasteiger partial charge in [0.1, 0.15) is 0 Å². The van der Waals surface area contributed by atoms with Gasteiger partial charge in [0, 0.05) is 5.97 Å². The van der Waals surface area contributed by atoms with E-state index in [1.165, 1.54) is 64.2 Å². The number of carboxylic acids is 1. The Morgan fingerprint density at radius 1 is 0.762 bits per heavy atom. The summed E-state index contributed by atoms with van der Waals surface area (Å²) in [6.45, 7) is 2.26. The Morgan fingerprint density at radius 2 is 1.19 bits per heavy atom. The first-order valence-corrected chi connectivity index (χ1v) is 8.62. The van der Waals surface area contributed by atoms with Gasteiger partial charge in [0.25, 0.3) is 0 Å². The topological polar surface area (TPSA) is 40.1 Å². The molecule has 0 saturated carbocycles. The summed E-state index contributed by atoms with van der Waals surface area (Å²) in [5.41, 5.74) is 0. The Labute approximate surface area is 151 Å². The molecule has 0 aliphatic heterocycles. The molecule has 0 atom stereocenters. The predicted molar refractivity (Wildman–Crippen MR) is 90.2 cm³/mol. The molecule has 0 amide bonds. The minimum atomic E-state index is -0.914. The van der Waals surface area contributed by atoms with Crippen LogP contribution in [0.4, 0.5) is 0 Å². The molecule has 3 heteroatoms. The van der Waals surface area contributed by atoms with Crippen LogP contribution < -0.4 is 5.11 Å². The molecule has 0 heterocycles. The molecular weight excluding hydrogens is 453 g/mol. The number of allylic oxidation sites excluding steroid dienone is 2. The molecule has 0 aromatic heterocycles. The van der Waals surface area contributed by atoms with Crippen LogP contribution in [0.25, 0.3) is 0 Å². The first kappa shape index (κ1) is 23.4. The van der Waals surface area contributed by atoms with Crippen molar-refractivity contribution in [2.45, 2.75) is 96.8 Å². The van der Waals surface area contributed by atoms with E-state index in [9.17, 15) is 9.90 Å². The molecule has 0 radical (unpaired) electrons. The summed E-state index contributed by atoms with van der Waals surface area (Å²) in [5.74, 6) is -0.914. The molecule has 120 valence electrons. The van der Waals surface area contributed by atoms with Crippen LogP contribution in [0.1, 0.15) is 96.8 Å². The zero-order chi connectivity index (χ0) is 14.9. The Balaban J connectivity index is 0. The van der Waals surface area contributed by atoms with E-state index in [1.807, 2.05) is 0 Å². The molecule has 0 unspecified atom stereocenters. The molecule has 0 aliphatic rings. The van der Waals surface area contributed by atoms with Crippen LogP contribution in [0, 0.1) is 0 Å². The summed E-state index contributed by atoms with van der Waals surface area (Å²) >= 11 is 0. The van der Waals surface area contributed by atoms with E-state index in [1.54, 1.807) is 0 Å². The Hall–Kier alpha value is 0.132. The van der Waals surface area contributed by atoms with Gasteiger partial charge in [-0.15, -0.1) is 0 Å². The fourth-order valence-electron chi connectivity index (χ4n) is 2.34. The fourth-order valence-corrected chi connectivity index (χ4v) is 2.34. The molecule has 0 bridgehead atoms. The summed E-state index contributed by atoms with van der Waals surface area (Å²) in [5, 5.41) is 10.2. The molecule has 0 aliphatic carbocycles. The molecule has 0 aromatic carbocycles.